The van der Waals surface area contributed by atoms with E-state index in [1.165, 1.54) is 4.90 Å². The normalized spacial score (nSPS) is 19.4. The average molecular weight is 295 g/mol. The third-order valence-corrected chi connectivity index (χ3v) is 3.14. The van der Waals surface area contributed by atoms with Crippen LogP contribution in [-0.2, 0) is 9.53 Å². The maximum Gasteiger partial charge on any atom is 0.407 e. The minimum atomic E-state index is -1.08. The third-order valence-electron chi connectivity index (χ3n) is 3.14. The third kappa shape index (κ3) is 3.84. The highest BCUT2D eigenvalue weighted by Gasteiger charge is 2.32. The largest absolute Gasteiger partial charge is 0.465 e. The highest BCUT2D eigenvalue weighted by Crippen LogP contribution is 2.22. The predicted molar refractivity (Wildman–Crippen MR) is 79.1 cm³/mol. The van der Waals surface area contributed by atoms with Crippen LogP contribution >= 0.6 is 0 Å². The standard InChI is InChI=1S/C14H21N3O4/c1-4-9-7-17(14(19)20)8-10(11(9)15)12(16-5-2)13(18)21-6-3/h4,9H,1,5-8,15H2,2-3H3,(H,19,20)/t9-/m1/s1. The molecule has 116 valence electrons. The van der Waals surface area contributed by atoms with Gasteiger partial charge in [-0.3, -0.25) is 4.99 Å². The summed E-state index contributed by atoms with van der Waals surface area (Å²) in [6.45, 7) is 7.94. The summed E-state index contributed by atoms with van der Waals surface area (Å²) in [5.41, 5.74) is 6.97. The smallest absolute Gasteiger partial charge is 0.407 e. The number of nitrogens with two attached hydrogens (primary N) is 1. The van der Waals surface area contributed by atoms with E-state index < -0.39 is 12.1 Å². The molecule has 1 aliphatic heterocycles. The summed E-state index contributed by atoms with van der Waals surface area (Å²) in [6.07, 6.45) is 0.491. The number of ether oxygens (including phenoxy) is 1. The number of hydrogen-bond acceptors (Lipinski definition) is 5. The summed E-state index contributed by atoms with van der Waals surface area (Å²) < 4.78 is 4.97. The molecule has 1 heterocycles. The summed E-state index contributed by atoms with van der Waals surface area (Å²) in [5, 5.41) is 9.18. The Morgan fingerprint density at radius 2 is 2.24 bits per heavy atom. The Morgan fingerprint density at radius 1 is 1.57 bits per heavy atom. The van der Waals surface area contributed by atoms with Crippen molar-refractivity contribution in [2.24, 2.45) is 16.6 Å². The highest BCUT2D eigenvalue weighted by molar-refractivity contribution is 6.43. The highest BCUT2D eigenvalue weighted by atomic mass is 16.5. The van der Waals surface area contributed by atoms with Crippen LogP contribution in [0.4, 0.5) is 4.79 Å². The lowest BCUT2D eigenvalue weighted by molar-refractivity contribution is -0.135. The fourth-order valence-corrected chi connectivity index (χ4v) is 2.11. The number of carboxylic acid groups (broad SMARTS) is 1. The van der Waals surface area contributed by atoms with E-state index >= 15 is 0 Å². The van der Waals surface area contributed by atoms with E-state index in [4.69, 9.17) is 10.5 Å². The molecule has 7 heteroatoms. The van der Waals surface area contributed by atoms with Gasteiger partial charge in [-0.15, -0.1) is 6.58 Å². The first-order valence-corrected chi connectivity index (χ1v) is 6.77. The van der Waals surface area contributed by atoms with Crippen LogP contribution in [0.2, 0.25) is 0 Å². The predicted octanol–water partition coefficient (Wildman–Crippen LogP) is 1.02. The van der Waals surface area contributed by atoms with Gasteiger partial charge in [0, 0.05) is 30.3 Å². The van der Waals surface area contributed by atoms with Gasteiger partial charge < -0.3 is 20.5 Å². The summed E-state index contributed by atoms with van der Waals surface area (Å²) in [6, 6.07) is 0. The van der Waals surface area contributed by atoms with Gasteiger partial charge in [0.05, 0.1) is 13.2 Å². The van der Waals surface area contributed by atoms with Crippen molar-refractivity contribution in [3.63, 3.8) is 0 Å². The Morgan fingerprint density at radius 3 is 2.71 bits per heavy atom. The molecule has 1 amide bonds. The molecule has 1 aliphatic rings. The van der Waals surface area contributed by atoms with Gasteiger partial charge in [-0.05, 0) is 13.8 Å². The molecule has 0 spiro atoms. The van der Waals surface area contributed by atoms with Gasteiger partial charge in [0.25, 0.3) is 0 Å². The zero-order chi connectivity index (χ0) is 16.0. The molecule has 0 radical (unpaired) electrons. The minimum Gasteiger partial charge on any atom is -0.465 e. The number of amides is 1. The second-order valence-corrected chi connectivity index (χ2v) is 4.48. The molecule has 0 aromatic rings. The SMILES string of the molecule is C=C[C@@H]1CN(C(=O)O)CC(C(=NCC)C(=O)OCC)=C1N. The molecule has 0 fully saturated rings. The van der Waals surface area contributed by atoms with Crippen molar-refractivity contribution in [3.8, 4) is 0 Å². The lowest BCUT2D eigenvalue weighted by Crippen LogP contribution is -2.44. The fourth-order valence-electron chi connectivity index (χ4n) is 2.11. The van der Waals surface area contributed by atoms with E-state index in [9.17, 15) is 14.7 Å². The number of esters is 1. The maximum atomic E-state index is 12.0. The quantitative estimate of drug-likeness (QED) is 0.447. The summed E-state index contributed by atoms with van der Waals surface area (Å²) in [4.78, 5) is 28.5. The zero-order valence-electron chi connectivity index (χ0n) is 12.3. The molecule has 0 aromatic heterocycles. The molecule has 0 bridgehead atoms. The van der Waals surface area contributed by atoms with Crippen LogP contribution in [0.3, 0.4) is 0 Å². The topological polar surface area (TPSA) is 105 Å². The minimum absolute atomic E-state index is 0.0170. The first-order valence-electron chi connectivity index (χ1n) is 6.77. The molecule has 1 atom stereocenters. The molecule has 21 heavy (non-hydrogen) atoms. The number of aliphatic imine (C=N–C) groups is 1. The van der Waals surface area contributed by atoms with Crippen molar-refractivity contribution in [2.45, 2.75) is 13.8 Å². The fraction of sp³-hybridized carbons (Fsp3) is 0.500. The van der Waals surface area contributed by atoms with Crippen molar-refractivity contribution in [3.05, 3.63) is 23.9 Å². The number of rotatable bonds is 5. The van der Waals surface area contributed by atoms with Crippen LogP contribution in [-0.4, -0.2) is 54.0 Å². The van der Waals surface area contributed by atoms with Crippen molar-refractivity contribution < 1.29 is 19.4 Å². The molecule has 7 nitrogen and oxygen atoms in total. The van der Waals surface area contributed by atoms with Crippen molar-refractivity contribution >= 4 is 17.8 Å². The zero-order valence-corrected chi connectivity index (χ0v) is 12.3. The summed E-state index contributed by atoms with van der Waals surface area (Å²) in [5.74, 6) is -0.936. The Balaban J connectivity index is 3.25. The van der Waals surface area contributed by atoms with Crippen molar-refractivity contribution in [1.82, 2.24) is 4.90 Å². The molecule has 0 unspecified atom stereocenters. The van der Waals surface area contributed by atoms with Crippen LogP contribution in [0, 0.1) is 5.92 Å². The molecule has 1 rings (SSSR count). The number of carbonyl (C=O) groups is 2. The molecule has 0 saturated heterocycles. The first kappa shape index (κ1) is 16.7. The second-order valence-electron chi connectivity index (χ2n) is 4.48. The van der Waals surface area contributed by atoms with E-state index in [0.29, 0.717) is 17.8 Å². The van der Waals surface area contributed by atoms with E-state index in [2.05, 4.69) is 11.6 Å². The van der Waals surface area contributed by atoms with Gasteiger partial charge in [0.15, 0.2) is 0 Å². The van der Waals surface area contributed by atoms with E-state index in [-0.39, 0.29) is 31.3 Å². The molecule has 0 aromatic carbocycles. The average Bonchev–Trinajstić information content (AvgIpc) is 2.45. The van der Waals surface area contributed by atoms with Crippen LogP contribution in [0.5, 0.6) is 0 Å². The summed E-state index contributed by atoms with van der Waals surface area (Å²) >= 11 is 0. The number of nitrogens with zero attached hydrogens (tertiary/aromatic N) is 2. The van der Waals surface area contributed by atoms with Crippen molar-refractivity contribution in [2.75, 3.05) is 26.2 Å². The lowest BCUT2D eigenvalue weighted by atomic mass is 9.93. The molecule has 0 saturated carbocycles. The Labute approximate surface area is 123 Å². The lowest BCUT2D eigenvalue weighted by Gasteiger charge is -2.32. The van der Waals surface area contributed by atoms with Crippen molar-refractivity contribution in [1.29, 1.82) is 0 Å². The van der Waals surface area contributed by atoms with Crippen LogP contribution < -0.4 is 5.73 Å². The van der Waals surface area contributed by atoms with E-state index in [0.717, 1.165) is 0 Å². The van der Waals surface area contributed by atoms with Gasteiger partial charge in [0.1, 0.15) is 5.71 Å². The van der Waals surface area contributed by atoms with Gasteiger partial charge in [0.2, 0.25) is 0 Å². The molecular formula is C14H21N3O4. The van der Waals surface area contributed by atoms with Crippen LogP contribution in [0.25, 0.3) is 0 Å². The first-order chi connectivity index (χ1) is 9.96. The molecular weight excluding hydrogens is 274 g/mol. The van der Waals surface area contributed by atoms with E-state index in [1.54, 1.807) is 19.9 Å². The van der Waals surface area contributed by atoms with Gasteiger partial charge in [-0.25, -0.2) is 9.59 Å². The summed E-state index contributed by atoms with van der Waals surface area (Å²) in [7, 11) is 0. The van der Waals surface area contributed by atoms with E-state index in [1.807, 2.05) is 0 Å². The molecule has 0 aliphatic carbocycles. The van der Waals surface area contributed by atoms with Crippen LogP contribution in [0.1, 0.15) is 13.8 Å². The molecule has 3 N–H and O–H groups in total. The maximum absolute atomic E-state index is 12.0. The Kier molecular flexibility index (Phi) is 5.95. The Bertz CT molecular complexity index is 496. The number of carbonyl (C=O) groups excluding carboxylic acids is 1. The number of hydrogen-bond donors (Lipinski definition) is 2. The monoisotopic (exact) mass is 295 g/mol. The van der Waals surface area contributed by atoms with Gasteiger partial charge >= 0.3 is 12.1 Å². The van der Waals surface area contributed by atoms with Gasteiger partial charge in [-0.1, -0.05) is 6.08 Å². The second kappa shape index (κ2) is 7.47. The van der Waals surface area contributed by atoms with Crippen LogP contribution in [0.15, 0.2) is 28.9 Å². The van der Waals surface area contributed by atoms with Gasteiger partial charge in [-0.2, -0.15) is 0 Å². The Hall–Kier alpha value is -2.31.